The Balaban J connectivity index is 2.46. The Morgan fingerprint density at radius 2 is 2.00 bits per heavy atom. The molecular formula is C11H15FN2O6S. The number of benzene rings is 1. The zero-order valence-corrected chi connectivity index (χ0v) is 12.1. The summed E-state index contributed by atoms with van der Waals surface area (Å²) < 4.78 is 44.8. The quantitative estimate of drug-likeness (QED) is 0.427. The molecular weight excluding hydrogens is 307 g/mol. The number of nitrogens with two attached hydrogens (primary N) is 1. The monoisotopic (exact) mass is 322 g/mol. The molecule has 0 atom stereocenters. The number of halogens is 1. The van der Waals surface area contributed by atoms with Gasteiger partial charge in [0.15, 0.2) is 11.6 Å². The maximum atomic E-state index is 13.6. The van der Waals surface area contributed by atoms with E-state index < -0.39 is 20.8 Å². The molecule has 0 bridgehead atoms. The molecule has 10 heteroatoms. The topological polar surface area (TPSA) is 122 Å². The lowest BCUT2D eigenvalue weighted by Crippen LogP contribution is -2.21. The summed E-state index contributed by atoms with van der Waals surface area (Å²) in [4.78, 5) is 9.94. The Hall–Kier alpha value is -1.78. The number of ether oxygens (including phenoxy) is 2. The van der Waals surface area contributed by atoms with Crippen LogP contribution in [0.5, 0.6) is 5.75 Å². The summed E-state index contributed by atoms with van der Waals surface area (Å²) in [6, 6.07) is 2.00. The van der Waals surface area contributed by atoms with Gasteiger partial charge in [-0.1, -0.05) is 0 Å². The van der Waals surface area contributed by atoms with Gasteiger partial charge in [-0.25, -0.2) is 17.9 Å². The van der Waals surface area contributed by atoms with Crippen LogP contribution in [0.1, 0.15) is 5.56 Å². The maximum absolute atomic E-state index is 13.6. The van der Waals surface area contributed by atoms with Crippen LogP contribution < -0.4 is 9.88 Å². The van der Waals surface area contributed by atoms with Gasteiger partial charge in [-0.2, -0.15) is 0 Å². The third kappa shape index (κ3) is 6.02. The molecule has 2 N–H and O–H groups in total. The van der Waals surface area contributed by atoms with Crippen molar-refractivity contribution in [3.05, 3.63) is 33.6 Å². The standard InChI is InChI=1S/C11H15FN2O6S/c1-8-6-11(9(12)7-10(8)14(15)16)20-3-2-19-4-5-21(13,17)18/h6-7H,2-5H2,1H3,(H2,13,17,18). The number of primary sulfonamides is 1. The third-order valence-electron chi connectivity index (χ3n) is 2.44. The summed E-state index contributed by atoms with van der Waals surface area (Å²) in [6.45, 7) is 1.38. The fourth-order valence-electron chi connectivity index (χ4n) is 1.44. The van der Waals surface area contributed by atoms with Gasteiger partial charge in [0.2, 0.25) is 10.0 Å². The summed E-state index contributed by atoms with van der Waals surface area (Å²) in [5.41, 5.74) is -0.0594. The third-order valence-corrected chi connectivity index (χ3v) is 3.18. The Morgan fingerprint density at radius 3 is 2.57 bits per heavy atom. The maximum Gasteiger partial charge on any atom is 0.275 e. The molecule has 0 saturated heterocycles. The molecule has 0 unspecified atom stereocenters. The second kappa shape index (κ2) is 7.29. The highest BCUT2D eigenvalue weighted by molar-refractivity contribution is 7.89. The predicted octanol–water partition coefficient (Wildman–Crippen LogP) is 0.726. The lowest BCUT2D eigenvalue weighted by Gasteiger charge is -2.09. The van der Waals surface area contributed by atoms with Crippen molar-refractivity contribution in [1.29, 1.82) is 0 Å². The molecule has 0 aliphatic heterocycles. The van der Waals surface area contributed by atoms with Gasteiger partial charge in [-0.05, 0) is 13.0 Å². The van der Waals surface area contributed by atoms with E-state index in [0.717, 1.165) is 6.07 Å². The summed E-state index contributed by atoms with van der Waals surface area (Å²) in [7, 11) is -3.58. The predicted molar refractivity (Wildman–Crippen MR) is 72.1 cm³/mol. The average molecular weight is 322 g/mol. The van der Waals surface area contributed by atoms with E-state index in [4.69, 9.17) is 14.6 Å². The molecule has 1 rings (SSSR count). The van der Waals surface area contributed by atoms with E-state index in [1.165, 1.54) is 13.0 Å². The number of rotatable bonds is 8. The molecule has 0 saturated carbocycles. The van der Waals surface area contributed by atoms with Crippen LogP contribution in [0.2, 0.25) is 0 Å². The molecule has 21 heavy (non-hydrogen) atoms. The van der Waals surface area contributed by atoms with Crippen LogP contribution in [0.25, 0.3) is 0 Å². The second-order valence-corrected chi connectivity index (χ2v) is 5.89. The Morgan fingerprint density at radius 1 is 1.33 bits per heavy atom. The van der Waals surface area contributed by atoms with Crippen molar-refractivity contribution in [2.75, 3.05) is 25.6 Å². The number of nitro groups is 1. The number of nitrogens with zero attached hydrogens (tertiary/aromatic N) is 1. The largest absolute Gasteiger partial charge is 0.488 e. The van der Waals surface area contributed by atoms with Crippen molar-refractivity contribution >= 4 is 15.7 Å². The summed E-state index contributed by atoms with van der Waals surface area (Å²) >= 11 is 0. The second-order valence-electron chi connectivity index (χ2n) is 4.15. The average Bonchev–Trinajstić information content (AvgIpc) is 2.35. The van der Waals surface area contributed by atoms with Gasteiger partial charge < -0.3 is 9.47 Å². The summed E-state index contributed by atoms with van der Waals surface area (Å²) in [6.07, 6.45) is 0. The molecule has 1 aromatic carbocycles. The van der Waals surface area contributed by atoms with Gasteiger partial charge in [0.25, 0.3) is 5.69 Å². The molecule has 8 nitrogen and oxygen atoms in total. The van der Waals surface area contributed by atoms with Gasteiger partial charge in [-0.15, -0.1) is 0 Å². The minimum absolute atomic E-state index is 0.0290. The highest BCUT2D eigenvalue weighted by Crippen LogP contribution is 2.26. The van der Waals surface area contributed by atoms with Gasteiger partial charge in [0.05, 0.1) is 30.0 Å². The number of aryl methyl sites for hydroxylation is 1. The first-order valence-corrected chi connectivity index (χ1v) is 7.58. The van der Waals surface area contributed by atoms with E-state index in [9.17, 15) is 22.9 Å². The molecule has 0 amide bonds. The number of hydrogen-bond donors (Lipinski definition) is 1. The van der Waals surface area contributed by atoms with Crippen LogP contribution in [0.4, 0.5) is 10.1 Å². The zero-order valence-electron chi connectivity index (χ0n) is 11.2. The van der Waals surface area contributed by atoms with Gasteiger partial charge >= 0.3 is 0 Å². The first kappa shape index (κ1) is 17.3. The highest BCUT2D eigenvalue weighted by Gasteiger charge is 2.16. The van der Waals surface area contributed by atoms with Crippen molar-refractivity contribution in [1.82, 2.24) is 0 Å². The smallest absolute Gasteiger partial charge is 0.275 e. The van der Waals surface area contributed by atoms with Crippen LogP contribution in [-0.4, -0.2) is 38.9 Å². The molecule has 0 fully saturated rings. The Labute approximate surface area is 120 Å². The molecule has 0 spiro atoms. The van der Waals surface area contributed by atoms with Crippen LogP contribution in [0, 0.1) is 22.9 Å². The fourth-order valence-corrected chi connectivity index (χ4v) is 1.79. The molecule has 0 heterocycles. The van der Waals surface area contributed by atoms with E-state index in [1.807, 2.05) is 0 Å². The first-order chi connectivity index (χ1) is 9.70. The highest BCUT2D eigenvalue weighted by atomic mass is 32.2. The van der Waals surface area contributed by atoms with Gasteiger partial charge in [-0.3, -0.25) is 10.1 Å². The van der Waals surface area contributed by atoms with Crippen molar-refractivity contribution in [3.63, 3.8) is 0 Å². The van der Waals surface area contributed by atoms with E-state index in [-0.39, 0.29) is 42.6 Å². The lowest BCUT2D eigenvalue weighted by atomic mass is 10.2. The molecule has 0 aliphatic rings. The van der Waals surface area contributed by atoms with Crippen LogP contribution in [0.3, 0.4) is 0 Å². The molecule has 118 valence electrons. The van der Waals surface area contributed by atoms with Crippen molar-refractivity contribution < 1.29 is 27.2 Å². The molecule has 0 radical (unpaired) electrons. The normalized spacial score (nSPS) is 11.4. The SMILES string of the molecule is Cc1cc(OCCOCCS(N)(=O)=O)c(F)cc1[N+](=O)[O-]. The van der Waals surface area contributed by atoms with E-state index in [1.54, 1.807) is 0 Å². The van der Waals surface area contributed by atoms with E-state index in [0.29, 0.717) is 0 Å². The minimum atomic E-state index is -3.58. The van der Waals surface area contributed by atoms with Crippen LogP contribution in [-0.2, 0) is 14.8 Å². The summed E-state index contributed by atoms with van der Waals surface area (Å²) in [5, 5.41) is 15.4. The number of sulfonamides is 1. The number of nitro benzene ring substituents is 1. The van der Waals surface area contributed by atoms with Crippen molar-refractivity contribution in [3.8, 4) is 5.75 Å². The summed E-state index contributed by atoms with van der Waals surface area (Å²) in [5.74, 6) is -1.30. The Bertz CT molecular complexity index is 619. The van der Waals surface area contributed by atoms with Crippen LogP contribution >= 0.6 is 0 Å². The van der Waals surface area contributed by atoms with Crippen molar-refractivity contribution in [2.45, 2.75) is 6.92 Å². The number of hydrogen-bond acceptors (Lipinski definition) is 6. The zero-order chi connectivity index (χ0) is 16.0. The van der Waals surface area contributed by atoms with Crippen molar-refractivity contribution in [2.24, 2.45) is 5.14 Å². The molecule has 0 aliphatic carbocycles. The molecule has 1 aromatic rings. The molecule has 0 aromatic heterocycles. The van der Waals surface area contributed by atoms with E-state index in [2.05, 4.69) is 0 Å². The Kier molecular flexibility index (Phi) is 6.00. The van der Waals surface area contributed by atoms with E-state index >= 15 is 0 Å². The fraction of sp³-hybridized carbons (Fsp3) is 0.455. The lowest BCUT2D eigenvalue weighted by molar-refractivity contribution is -0.385. The minimum Gasteiger partial charge on any atom is -0.488 e. The first-order valence-electron chi connectivity index (χ1n) is 5.86. The van der Waals surface area contributed by atoms with Crippen LogP contribution in [0.15, 0.2) is 12.1 Å². The van der Waals surface area contributed by atoms with Gasteiger partial charge in [0.1, 0.15) is 6.61 Å². The van der Waals surface area contributed by atoms with Gasteiger partial charge in [0, 0.05) is 5.56 Å².